The SMILES string of the molecule is [O]CCCN1CCN(C(=O)COP(=O)(O)O)CC1. The Labute approximate surface area is 105 Å². The molecule has 1 amide bonds. The van der Waals surface area contributed by atoms with Gasteiger partial charge in [-0.1, -0.05) is 0 Å². The Morgan fingerprint density at radius 2 is 1.83 bits per heavy atom. The lowest BCUT2D eigenvalue weighted by atomic mass is 10.3. The zero-order chi connectivity index (χ0) is 13.6. The molecule has 8 nitrogen and oxygen atoms in total. The fraction of sp³-hybridized carbons (Fsp3) is 0.889. The van der Waals surface area contributed by atoms with E-state index in [0.717, 1.165) is 6.54 Å². The molecule has 0 spiro atoms. The molecule has 0 aromatic rings. The number of rotatable bonds is 6. The van der Waals surface area contributed by atoms with Crippen LogP contribution in [0.15, 0.2) is 0 Å². The predicted molar refractivity (Wildman–Crippen MR) is 61.2 cm³/mol. The van der Waals surface area contributed by atoms with E-state index in [1.54, 1.807) is 0 Å². The topological polar surface area (TPSA) is 110 Å². The molecule has 9 heteroatoms. The zero-order valence-electron chi connectivity index (χ0n) is 10.0. The Morgan fingerprint density at radius 1 is 1.22 bits per heavy atom. The van der Waals surface area contributed by atoms with Crippen LogP contribution in [-0.4, -0.2) is 71.4 Å². The number of phosphoric acid groups is 1. The minimum Gasteiger partial charge on any atom is -0.338 e. The van der Waals surface area contributed by atoms with Crippen LogP contribution in [0.4, 0.5) is 0 Å². The van der Waals surface area contributed by atoms with Crippen LogP contribution in [0.1, 0.15) is 6.42 Å². The molecule has 1 aliphatic rings. The summed E-state index contributed by atoms with van der Waals surface area (Å²) in [4.78, 5) is 32.1. The predicted octanol–water partition coefficient (Wildman–Crippen LogP) is -0.939. The minimum atomic E-state index is -4.59. The molecule has 0 aromatic heterocycles. The highest BCUT2D eigenvalue weighted by Crippen LogP contribution is 2.35. The summed E-state index contributed by atoms with van der Waals surface area (Å²) in [5, 5.41) is 10.3. The summed E-state index contributed by atoms with van der Waals surface area (Å²) in [6, 6.07) is 0. The van der Waals surface area contributed by atoms with E-state index in [2.05, 4.69) is 9.42 Å². The first-order valence-corrected chi connectivity index (χ1v) is 7.24. The number of carbonyl (C=O) groups excluding carboxylic acids is 1. The van der Waals surface area contributed by atoms with Crippen LogP contribution in [0, 0.1) is 0 Å². The number of phosphoric ester groups is 1. The van der Waals surface area contributed by atoms with Gasteiger partial charge in [0.2, 0.25) is 5.91 Å². The normalized spacial score (nSPS) is 18.1. The first-order chi connectivity index (χ1) is 8.42. The molecule has 1 heterocycles. The Balaban J connectivity index is 2.25. The van der Waals surface area contributed by atoms with Crippen LogP contribution < -0.4 is 0 Å². The van der Waals surface area contributed by atoms with Crippen molar-refractivity contribution in [3.8, 4) is 0 Å². The van der Waals surface area contributed by atoms with Crippen LogP contribution in [0.3, 0.4) is 0 Å². The van der Waals surface area contributed by atoms with Gasteiger partial charge >= 0.3 is 7.82 Å². The van der Waals surface area contributed by atoms with Gasteiger partial charge in [0.25, 0.3) is 0 Å². The number of hydrogen-bond donors (Lipinski definition) is 2. The van der Waals surface area contributed by atoms with Gasteiger partial charge < -0.3 is 14.7 Å². The largest absolute Gasteiger partial charge is 0.470 e. The number of carbonyl (C=O) groups is 1. The summed E-state index contributed by atoms with van der Waals surface area (Å²) in [5.74, 6) is -0.429. The highest BCUT2D eigenvalue weighted by atomic mass is 31.2. The van der Waals surface area contributed by atoms with Gasteiger partial charge in [0.15, 0.2) is 0 Å². The molecule has 0 saturated carbocycles. The third-order valence-corrected chi connectivity index (χ3v) is 3.17. The van der Waals surface area contributed by atoms with Crippen LogP contribution >= 0.6 is 7.82 Å². The molecule has 105 valence electrons. The van der Waals surface area contributed by atoms with E-state index >= 15 is 0 Å². The van der Waals surface area contributed by atoms with Crippen molar-refractivity contribution in [2.45, 2.75) is 6.42 Å². The van der Waals surface area contributed by atoms with E-state index in [0.29, 0.717) is 32.6 Å². The summed E-state index contributed by atoms with van der Waals surface area (Å²) in [5.41, 5.74) is 0. The molecule has 1 radical (unpaired) electrons. The van der Waals surface area contributed by atoms with Crippen molar-refractivity contribution in [1.29, 1.82) is 0 Å². The Morgan fingerprint density at radius 3 is 2.33 bits per heavy atom. The third kappa shape index (κ3) is 5.90. The van der Waals surface area contributed by atoms with Crippen molar-refractivity contribution < 1.29 is 28.8 Å². The van der Waals surface area contributed by atoms with Crippen molar-refractivity contribution in [3.63, 3.8) is 0 Å². The second-order valence-electron chi connectivity index (χ2n) is 4.04. The van der Waals surface area contributed by atoms with Gasteiger partial charge in [0.05, 0.1) is 6.61 Å². The van der Waals surface area contributed by atoms with Gasteiger partial charge in [-0.15, -0.1) is 0 Å². The molecule has 2 N–H and O–H groups in total. The van der Waals surface area contributed by atoms with Crippen LogP contribution in [0.5, 0.6) is 0 Å². The number of amides is 1. The average Bonchev–Trinajstić information content (AvgIpc) is 2.33. The molecule has 1 aliphatic heterocycles. The number of nitrogens with zero attached hydrogens (tertiary/aromatic N) is 2. The van der Waals surface area contributed by atoms with Crippen molar-refractivity contribution in [2.24, 2.45) is 0 Å². The molecular weight excluding hydrogens is 263 g/mol. The second-order valence-corrected chi connectivity index (χ2v) is 5.28. The Bertz CT molecular complexity index is 312. The quantitative estimate of drug-likeness (QED) is 0.608. The molecule has 0 unspecified atom stereocenters. The molecule has 18 heavy (non-hydrogen) atoms. The fourth-order valence-electron chi connectivity index (χ4n) is 1.74. The number of piperazine rings is 1. The van der Waals surface area contributed by atoms with E-state index in [1.807, 2.05) is 0 Å². The standard InChI is InChI=1S/C9H18N2O6P/c12-7-1-2-10-3-5-11(6-4-10)9(13)8-17-18(14,15)16/h1-8H2,(H2,14,15,16). The van der Waals surface area contributed by atoms with Gasteiger partial charge in [0.1, 0.15) is 6.61 Å². The smallest absolute Gasteiger partial charge is 0.338 e. The molecule has 0 atom stereocenters. The van der Waals surface area contributed by atoms with E-state index in [9.17, 15) is 14.5 Å². The fourth-order valence-corrected chi connectivity index (χ4v) is 2.02. The maximum atomic E-state index is 11.6. The highest BCUT2D eigenvalue weighted by molar-refractivity contribution is 7.46. The monoisotopic (exact) mass is 281 g/mol. The minimum absolute atomic E-state index is 0.102. The summed E-state index contributed by atoms with van der Waals surface area (Å²) < 4.78 is 14.6. The van der Waals surface area contributed by atoms with E-state index < -0.39 is 20.3 Å². The van der Waals surface area contributed by atoms with Gasteiger partial charge in [-0.05, 0) is 6.42 Å². The number of hydrogen-bond acceptors (Lipinski definition) is 4. The molecule has 0 aliphatic carbocycles. The van der Waals surface area contributed by atoms with Crippen molar-refractivity contribution in [2.75, 3.05) is 45.9 Å². The molecule has 1 saturated heterocycles. The molecular formula is C9H18N2O6P. The summed E-state index contributed by atoms with van der Waals surface area (Å²) >= 11 is 0. The molecule has 1 fully saturated rings. The van der Waals surface area contributed by atoms with E-state index in [4.69, 9.17) is 9.79 Å². The van der Waals surface area contributed by atoms with Gasteiger partial charge in [-0.25, -0.2) is 9.67 Å². The van der Waals surface area contributed by atoms with Crippen molar-refractivity contribution >= 4 is 13.7 Å². The molecule has 0 aromatic carbocycles. The lowest BCUT2D eigenvalue weighted by Crippen LogP contribution is -2.49. The van der Waals surface area contributed by atoms with Crippen molar-refractivity contribution in [3.05, 3.63) is 0 Å². The average molecular weight is 281 g/mol. The highest BCUT2D eigenvalue weighted by Gasteiger charge is 2.23. The Hall–Kier alpha value is -0.500. The summed E-state index contributed by atoms with van der Waals surface area (Å²) in [6.07, 6.45) is 0.593. The first-order valence-electron chi connectivity index (χ1n) is 5.70. The van der Waals surface area contributed by atoms with E-state index in [-0.39, 0.29) is 6.61 Å². The van der Waals surface area contributed by atoms with E-state index in [1.165, 1.54) is 4.90 Å². The maximum Gasteiger partial charge on any atom is 0.470 e. The van der Waals surface area contributed by atoms with Crippen LogP contribution in [0.2, 0.25) is 0 Å². The van der Waals surface area contributed by atoms with Crippen molar-refractivity contribution in [1.82, 2.24) is 9.80 Å². The second kappa shape index (κ2) is 7.18. The first kappa shape index (κ1) is 15.6. The lowest BCUT2D eigenvalue weighted by molar-refractivity contribution is -0.135. The molecule has 0 bridgehead atoms. The van der Waals surface area contributed by atoms with Crippen LogP contribution in [0.25, 0.3) is 0 Å². The zero-order valence-corrected chi connectivity index (χ0v) is 10.9. The molecule has 1 rings (SSSR count). The Kier molecular flexibility index (Phi) is 6.20. The van der Waals surface area contributed by atoms with Crippen LogP contribution in [-0.2, 0) is 19.0 Å². The summed E-state index contributed by atoms with van der Waals surface area (Å²) in [6.45, 7) is 2.33. The van der Waals surface area contributed by atoms with Gasteiger partial charge in [-0.2, -0.15) is 0 Å². The third-order valence-electron chi connectivity index (χ3n) is 2.70. The van der Waals surface area contributed by atoms with Gasteiger partial charge in [-0.3, -0.25) is 14.2 Å². The van der Waals surface area contributed by atoms with Gasteiger partial charge in [0, 0.05) is 32.7 Å². The maximum absolute atomic E-state index is 11.6. The lowest BCUT2D eigenvalue weighted by Gasteiger charge is -2.34. The summed E-state index contributed by atoms with van der Waals surface area (Å²) in [7, 11) is -4.59.